The van der Waals surface area contributed by atoms with Gasteiger partial charge in [-0.05, 0) is 77.9 Å². The maximum Gasteiger partial charge on any atom is 0.176 e. The minimum Gasteiger partial charge on any atom is -0.490 e. The first-order valence-corrected chi connectivity index (χ1v) is 14.8. The van der Waals surface area contributed by atoms with Crippen molar-refractivity contribution in [3.05, 3.63) is 88.6 Å². The number of tetrazole rings is 1. The number of hydrogen-bond donors (Lipinski definition) is 1. The van der Waals surface area contributed by atoms with Crippen molar-refractivity contribution >= 4 is 21.4 Å². The van der Waals surface area contributed by atoms with Crippen LogP contribution in [0.4, 0.5) is 0 Å². The number of aromatic amines is 1. The highest BCUT2D eigenvalue weighted by atomic mass is 32.1. The molecule has 2 aromatic heterocycles. The number of rotatable bonds is 9. The van der Waals surface area contributed by atoms with Gasteiger partial charge in [0, 0.05) is 34.9 Å². The first-order valence-electron chi connectivity index (χ1n) is 13.9. The summed E-state index contributed by atoms with van der Waals surface area (Å²) in [6, 6.07) is 21.1. The average Bonchev–Trinajstić information content (AvgIpc) is 3.67. The van der Waals surface area contributed by atoms with Crippen LogP contribution >= 0.6 is 11.3 Å². The molecule has 7 nitrogen and oxygen atoms in total. The minimum atomic E-state index is -0.00277. The van der Waals surface area contributed by atoms with Gasteiger partial charge >= 0.3 is 0 Å². The molecule has 0 amide bonds. The normalized spacial score (nSPS) is 14.4. The molecule has 8 heteroatoms. The van der Waals surface area contributed by atoms with E-state index in [4.69, 9.17) is 14.2 Å². The molecule has 0 saturated carbocycles. The second-order valence-corrected chi connectivity index (χ2v) is 11.1. The highest BCUT2D eigenvalue weighted by Crippen LogP contribution is 2.37. The summed E-state index contributed by atoms with van der Waals surface area (Å²) in [6.07, 6.45) is 2.73. The standard InChI is InChI=1S/C33H32N4O3S/c1-3-4-25(19-33-34-36-37-35-33)24-6-8-26(9-7-24)39-20-23-5-12-32-30(18-23)31(21-41-32)29-11-10-28(17-22(29)2)40-27-13-15-38-16-14-27/h5-12,17-18,21,25,27H,13-16,19-20H2,1-2H3,(H,34,35,36,37). The Morgan fingerprint density at radius 1 is 1.02 bits per heavy atom. The number of benzene rings is 3. The lowest BCUT2D eigenvalue weighted by atomic mass is 9.96. The van der Waals surface area contributed by atoms with Crippen molar-refractivity contribution in [3.63, 3.8) is 0 Å². The number of fused-ring (bicyclic) bond motifs is 1. The molecule has 208 valence electrons. The molecule has 0 aliphatic carbocycles. The van der Waals surface area contributed by atoms with Crippen molar-refractivity contribution < 1.29 is 14.2 Å². The number of hydrogen-bond acceptors (Lipinski definition) is 7. The van der Waals surface area contributed by atoms with Crippen LogP contribution in [0.5, 0.6) is 11.5 Å². The van der Waals surface area contributed by atoms with Gasteiger partial charge in [0.1, 0.15) is 24.2 Å². The fraction of sp³-hybridized carbons (Fsp3) is 0.303. The Labute approximate surface area is 243 Å². The molecule has 1 atom stereocenters. The van der Waals surface area contributed by atoms with E-state index < -0.39 is 0 Å². The zero-order valence-corrected chi connectivity index (χ0v) is 24.0. The SMILES string of the molecule is CC#CC(Cc1nn[nH]n1)c1ccc(OCc2ccc3scc(-c4ccc(OC5CCOCC5)cc4C)c3c2)cc1. The summed E-state index contributed by atoms with van der Waals surface area (Å²) in [4.78, 5) is 0. The monoisotopic (exact) mass is 564 g/mol. The van der Waals surface area contributed by atoms with Crippen LogP contribution in [0, 0.1) is 18.8 Å². The Morgan fingerprint density at radius 2 is 1.85 bits per heavy atom. The number of thiophene rings is 1. The molecular weight excluding hydrogens is 532 g/mol. The van der Waals surface area contributed by atoms with Gasteiger partial charge in [0.15, 0.2) is 5.82 Å². The van der Waals surface area contributed by atoms with E-state index in [2.05, 4.69) is 93.3 Å². The molecule has 1 aliphatic rings. The average molecular weight is 565 g/mol. The Kier molecular flexibility index (Phi) is 8.26. The molecule has 0 radical (unpaired) electrons. The highest BCUT2D eigenvalue weighted by molar-refractivity contribution is 7.17. The molecule has 1 N–H and O–H groups in total. The molecule has 6 rings (SSSR count). The van der Waals surface area contributed by atoms with Crippen LogP contribution in [0.3, 0.4) is 0 Å². The molecule has 1 saturated heterocycles. The van der Waals surface area contributed by atoms with Gasteiger partial charge in [-0.2, -0.15) is 5.21 Å². The number of nitrogens with zero attached hydrogens (tertiary/aromatic N) is 3. The van der Waals surface area contributed by atoms with Gasteiger partial charge in [-0.25, -0.2) is 0 Å². The molecule has 0 bridgehead atoms. The number of H-pyrrole nitrogens is 1. The van der Waals surface area contributed by atoms with Gasteiger partial charge in [-0.3, -0.25) is 0 Å². The summed E-state index contributed by atoms with van der Waals surface area (Å²) < 4.78 is 19.1. The summed E-state index contributed by atoms with van der Waals surface area (Å²) in [6.45, 7) is 6.04. The minimum absolute atomic E-state index is 0.00277. The van der Waals surface area contributed by atoms with Crippen molar-refractivity contribution in [1.82, 2.24) is 20.6 Å². The van der Waals surface area contributed by atoms with E-state index in [1.54, 1.807) is 11.3 Å². The second-order valence-electron chi connectivity index (χ2n) is 10.2. The first kappa shape index (κ1) is 27.0. The molecule has 3 aromatic carbocycles. The van der Waals surface area contributed by atoms with Crippen molar-refractivity contribution in [1.29, 1.82) is 0 Å². The molecule has 5 aromatic rings. The van der Waals surface area contributed by atoms with E-state index in [9.17, 15) is 0 Å². The summed E-state index contributed by atoms with van der Waals surface area (Å²) >= 11 is 1.77. The zero-order valence-electron chi connectivity index (χ0n) is 23.2. The molecule has 1 fully saturated rings. The van der Waals surface area contributed by atoms with Crippen LogP contribution in [0.15, 0.2) is 66.0 Å². The van der Waals surface area contributed by atoms with Crippen LogP contribution in [0.2, 0.25) is 0 Å². The predicted molar refractivity (Wildman–Crippen MR) is 161 cm³/mol. The fourth-order valence-corrected chi connectivity index (χ4v) is 6.15. The third kappa shape index (κ3) is 6.43. The number of aromatic nitrogens is 4. The van der Waals surface area contributed by atoms with E-state index in [0.717, 1.165) is 48.7 Å². The second kappa shape index (κ2) is 12.5. The Balaban J connectivity index is 1.14. The third-order valence-corrected chi connectivity index (χ3v) is 8.34. The van der Waals surface area contributed by atoms with E-state index in [-0.39, 0.29) is 12.0 Å². The number of ether oxygens (including phenoxy) is 3. The lowest BCUT2D eigenvalue weighted by Gasteiger charge is -2.23. The first-order chi connectivity index (χ1) is 20.2. The number of aryl methyl sites for hydroxylation is 1. The Morgan fingerprint density at radius 3 is 2.61 bits per heavy atom. The van der Waals surface area contributed by atoms with Crippen LogP contribution in [-0.2, 0) is 17.8 Å². The van der Waals surface area contributed by atoms with E-state index in [1.807, 2.05) is 19.1 Å². The van der Waals surface area contributed by atoms with Gasteiger partial charge < -0.3 is 14.2 Å². The van der Waals surface area contributed by atoms with Crippen LogP contribution in [-0.4, -0.2) is 39.9 Å². The van der Waals surface area contributed by atoms with Gasteiger partial charge in [-0.15, -0.1) is 27.5 Å². The molecule has 1 aliphatic heterocycles. The molecule has 41 heavy (non-hydrogen) atoms. The van der Waals surface area contributed by atoms with Gasteiger partial charge in [0.25, 0.3) is 0 Å². The van der Waals surface area contributed by atoms with E-state index in [0.29, 0.717) is 18.9 Å². The van der Waals surface area contributed by atoms with Gasteiger partial charge in [0.05, 0.1) is 19.1 Å². The van der Waals surface area contributed by atoms with Crippen LogP contribution < -0.4 is 9.47 Å². The van der Waals surface area contributed by atoms with Crippen LogP contribution in [0.25, 0.3) is 21.2 Å². The number of nitrogens with one attached hydrogen (secondary N) is 1. The highest BCUT2D eigenvalue weighted by Gasteiger charge is 2.17. The van der Waals surface area contributed by atoms with E-state index in [1.165, 1.54) is 26.8 Å². The Bertz CT molecular complexity index is 1660. The molecule has 3 heterocycles. The smallest absolute Gasteiger partial charge is 0.176 e. The quantitative estimate of drug-likeness (QED) is 0.197. The Hall–Kier alpha value is -4.19. The lowest BCUT2D eigenvalue weighted by molar-refractivity contribution is 0.0255. The fourth-order valence-electron chi connectivity index (χ4n) is 5.21. The summed E-state index contributed by atoms with van der Waals surface area (Å²) in [5.41, 5.74) is 5.91. The molecular formula is C33H32N4O3S. The predicted octanol–water partition coefficient (Wildman–Crippen LogP) is 6.88. The summed E-state index contributed by atoms with van der Waals surface area (Å²) in [5, 5.41) is 17.8. The largest absolute Gasteiger partial charge is 0.490 e. The maximum absolute atomic E-state index is 6.23. The van der Waals surface area contributed by atoms with Gasteiger partial charge in [0.2, 0.25) is 0 Å². The van der Waals surface area contributed by atoms with Crippen molar-refractivity contribution in [2.75, 3.05) is 13.2 Å². The van der Waals surface area contributed by atoms with Gasteiger partial charge in [-0.1, -0.05) is 35.4 Å². The topological polar surface area (TPSA) is 82.2 Å². The van der Waals surface area contributed by atoms with Crippen LogP contribution in [0.1, 0.15) is 48.2 Å². The maximum atomic E-state index is 6.23. The lowest BCUT2D eigenvalue weighted by Crippen LogP contribution is -2.25. The summed E-state index contributed by atoms with van der Waals surface area (Å²) in [7, 11) is 0. The molecule has 1 unspecified atom stereocenters. The van der Waals surface area contributed by atoms with Crippen molar-refractivity contribution in [2.24, 2.45) is 0 Å². The third-order valence-electron chi connectivity index (χ3n) is 7.38. The summed E-state index contributed by atoms with van der Waals surface area (Å²) in [5.74, 6) is 8.66. The van der Waals surface area contributed by atoms with Crippen molar-refractivity contribution in [3.8, 4) is 34.5 Å². The molecule has 0 spiro atoms. The zero-order chi connectivity index (χ0) is 28.0. The van der Waals surface area contributed by atoms with E-state index >= 15 is 0 Å². The van der Waals surface area contributed by atoms with Crippen molar-refractivity contribution in [2.45, 2.75) is 51.7 Å².